The zero-order chi connectivity index (χ0) is 12.4. The Bertz CT molecular complexity index is 583. The summed E-state index contributed by atoms with van der Waals surface area (Å²) in [6.07, 6.45) is 0. The average Bonchev–Trinajstić information content (AvgIpc) is 2.36. The number of esters is 1. The van der Waals surface area contributed by atoms with E-state index < -0.39 is 5.97 Å². The molecule has 0 N–H and O–H groups in total. The molecule has 0 spiro atoms. The minimum absolute atomic E-state index is 0.0763. The van der Waals surface area contributed by atoms with E-state index in [-0.39, 0.29) is 10.7 Å². The predicted octanol–water partition coefficient (Wildman–Crippen LogP) is 2.68. The maximum atomic E-state index is 11.6. The number of rotatable bonds is 2. The normalized spacial score (nSPS) is 10.3. The SMILES string of the molecule is COC(=O)c1c(Cl)nc2ccccc2c1OC. The molecule has 0 aliphatic carbocycles. The van der Waals surface area contributed by atoms with Crippen molar-refractivity contribution < 1.29 is 14.3 Å². The number of para-hydroxylation sites is 1. The van der Waals surface area contributed by atoms with Crippen LogP contribution in [0.3, 0.4) is 0 Å². The van der Waals surface area contributed by atoms with E-state index in [1.165, 1.54) is 14.2 Å². The quantitative estimate of drug-likeness (QED) is 0.608. The molecule has 0 aliphatic rings. The van der Waals surface area contributed by atoms with Crippen molar-refractivity contribution in [3.05, 3.63) is 35.0 Å². The molecule has 0 bridgehead atoms. The molecule has 1 aromatic heterocycles. The topological polar surface area (TPSA) is 48.4 Å². The van der Waals surface area contributed by atoms with Crippen LogP contribution in [-0.4, -0.2) is 25.2 Å². The molecule has 0 aliphatic heterocycles. The third-order valence-corrected chi connectivity index (χ3v) is 2.67. The molecule has 0 fully saturated rings. The average molecular weight is 252 g/mol. The largest absolute Gasteiger partial charge is 0.495 e. The lowest BCUT2D eigenvalue weighted by Gasteiger charge is -2.11. The molecule has 5 heteroatoms. The first kappa shape index (κ1) is 11.7. The van der Waals surface area contributed by atoms with Gasteiger partial charge in [0, 0.05) is 5.39 Å². The number of nitrogens with zero attached hydrogens (tertiary/aromatic N) is 1. The second-order valence-electron chi connectivity index (χ2n) is 3.32. The highest BCUT2D eigenvalue weighted by atomic mass is 35.5. The molecule has 0 radical (unpaired) electrons. The fourth-order valence-electron chi connectivity index (χ4n) is 1.64. The molecule has 0 saturated carbocycles. The van der Waals surface area contributed by atoms with Gasteiger partial charge in [0.1, 0.15) is 16.5 Å². The summed E-state index contributed by atoms with van der Waals surface area (Å²) in [6.45, 7) is 0. The maximum absolute atomic E-state index is 11.6. The van der Waals surface area contributed by atoms with Crippen molar-refractivity contribution in [3.63, 3.8) is 0 Å². The number of benzene rings is 1. The Balaban J connectivity index is 2.83. The van der Waals surface area contributed by atoms with E-state index in [1.54, 1.807) is 6.07 Å². The summed E-state index contributed by atoms with van der Waals surface area (Å²) in [5.41, 5.74) is 0.817. The lowest BCUT2D eigenvalue weighted by Crippen LogP contribution is -2.07. The van der Waals surface area contributed by atoms with Gasteiger partial charge in [-0.15, -0.1) is 0 Å². The van der Waals surface area contributed by atoms with Crippen LogP contribution in [0, 0.1) is 0 Å². The fourth-order valence-corrected chi connectivity index (χ4v) is 1.90. The van der Waals surface area contributed by atoms with Crippen LogP contribution < -0.4 is 4.74 Å². The number of methoxy groups -OCH3 is 2. The Hall–Kier alpha value is -1.81. The monoisotopic (exact) mass is 251 g/mol. The van der Waals surface area contributed by atoms with Crippen molar-refractivity contribution in [3.8, 4) is 5.75 Å². The van der Waals surface area contributed by atoms with E-state index in [4.69, 9.17) is 16.3 Å². The van der Waals surface area contributed by atoms with Gasteiger partial charge in [0.05, 0.1) is 19.7 Å². The van der Waals surface area contributed by atoms with Gasteiger partial charge < -0.3 is 9.47 Å². The third-order valence-electron chi connectivity index (χ3n) is 2.39. The number of carbonyl (C=O) groups is 1. The first-order valence-corrected chi connectivity index (χ1v) is 5.27. The highest BCUT2D eigenvalue weighted by Crippen LogP contribution is 2.33. The molecule has 17 heavy (non-hydrogen) atoms. The van der Waals surface area contributed by atoms with Crippen LogP contribution in [0.4, 0.5) is 0 Å². The molecule has 88 valence electrons. The molecule has 1 aromatic carbocycles. The molecule has 0 amide bonds. The van der Waals surface area contributed by atoms with Crippen molar-refractivity contribution in [2.75, 3.05) is 14.2 Å². The number of pyridine rings is 1. The van der Waals surface area contributed by atoms with E-state index in [1.807, 2.05) is 18.2 Å². The van der Waals surface area contributed by atoms with Crippen molar-refractivity contribution in [2.45, 2.75) is 0 Å². The summed E-state index contributed by atoms with van der Waals surface area (Å²) in [7, 11) is 2.76. The van der Waals surface area contributed by atoms with Crippen LogP contribution in [0.1, 0.15) is 10.4 Å². The number of ether oxygens (including phenoxy) is 2. The summed E-state index contributed by atoms with van der Waals surface area (Å²) in [6, 6.07) is 7.28. The molecule has 0 atom stereocenters. The Morgan fingerprint density at radius 1 is 1.29 bits per heavy atom. The first-order chi connectivity index (χ1) is 8.19. The van der Waals surface area contributed by atoms with Crippen molar-refractivity contribution >= 4 is 28.5 Å². The second-order valence-corrected chi connectivity index (χ2v) is 3.68. The number of halogens is 1. The van der Waals surface area contributed by atoms with Crippen LogP contribution in [0.15, 0.2) is 24.3 Å². The van der Waals surface area contributed by atoms with E-state index in [0.717, 1.165) is 5.39 Å². The van der Waals surface area contributed by atoms with Gasteiger partial charge in [-0.3, -0.25) is 0 Å². The third kappa shape index (κ3) is 1.91. The molecule has 2 rings (SSSR count). The Morgan fingerprint density at radius 2 is 2.00 bits per heavy atom. The molecule has 2 aromatic rings. The number of hydrogen-bond acceptors (Lipinski definition) is 4. The highest BCUT2D eigenvalue weighted by Gasteiger charge is 2.21. The zero-order valence-electron chi connectivity index (χ0n) is 9.36. The van der Waals surface area contributed by atoms with Crippen molar-refractivity contribution in [1.82, 2.24) is 4.98 Å². The second kappa shape index (κ2) is 4.59. The number of fused-ring (bicyclic) bond motifs is 1. The lowest BCUT2D eigenvalue weighted by molar-refractivity contribution is 0.0597. The molecular formula is C12H10ClNO3. The van der Waals surface area contributed by atoms with Crippen LogP contribution in [0.5, 0.6) is 5.75 Å². The standard InChI is InChI=1S/C12H10ClNO3/c1-16-10-7-5-3-4-6-8(7)14-11(13)9(10)12(15)17-2/h3-6H,1-2H3. The molecule has 4 nitrogen and oxygen atoms in total. The van der Waals surface area contributed by atoms with Gasteiger partial charge >= 0.3 is 5.97 Å². The molecule has 0 unspecified atom stereocenters. The fraction of sp³-hybridized carbons (Fsp3) is 0.167. The highest BCUT2D eigenvalue weighted by molar-refractivity contribution is 6.33. The summed E-state index contributed by atoms with van der Waals surface area (Å²) < 4.78 is 9.90. The Labute approximate surface area is 103 Å². The summed E-state index contributed by atoms with van der Waals surface area (Å²) in [5.74, 6) is -0.183. The van der Waals surface area contributed by atoms with Crippen LogP contribution in [0.2, 0.25) is 5.15 Å². The Kier molecular flexibility index (Phi) is 3.15. The molecular weight excluding hydrogens is 242 g/mol. The minimum Gasteiger partial charge on any atom is -0.495 e. The number of carbonyl (C=O) groups excluding carboxylic acids is 1. The van der Waals surface area contributed by atoms with E-state index in [2.05, 4.69) is 9.72 Å². The molecule has 0 saturated heterocycles. The van der Waals surface area contributed by atoms with Crippen molar-refractivity contribution in [1.29, 1.82) is 0 Å². The minimum atomic E-state index is -0.565. The summed E-state index contributed by atoms with van der Waals surface area (Å²) >= 11 is 5.97. The first-order valence-electron chi connectivity index (χ1n) is 4.89. The predicted molar refractivity (Wildman–Crippen MR) is 64.6 cm³/mol. The lowest BCUT2D eigenvalue weighted by atomic mass is 10.1. The summed E-state index contributed by atoms with van der Waals surface area (Å²) in [5, 5.41) is 0.798. The zero-order valence-corrected chi connectivity index (χ0v) is 10.1. The Morgan fingerprint density at radius 3 is 2.65 bits per heavy atom. The van der Waals surface area contributed by atoms with Gasteiger partial charge in [-0.1, -0.05) is 23.7 Å². The van der Waals surface area contributed by atoms with Crippen molar-refractivity contribution in [2.24, 2.45) is 0 Å². The van der Waals surface area contributed by atoms with Gasteiger partial charge in [0.25, 0.3) is 0 Å². The van der Waals surface area contributed by atoms with Gasteiger partial charge in [-0.05, 0) is 12.1 Å². The number of aromatic nitrogens is 1. The smallest absolute Gasteiger partial charge is 0.344 e. The molecule has 1 heterocycles. The van der Waals surface area contributed by atoms with E-state index in [9.17, 15) is 4.79 Å². The van der Waals surface area contributed by atoms with Gasteiger partial charge in [0.2, 0.25) is 0 Å². The maximum Gasteiger partial charge on any atom is 0.344 e. The van der Waals surface area contributed by atoms with Gasteiger partial charge in [0.15, 0.2) is 0 Å². The van der Waals surface area contributed by atoms with E-state index >= 15 is 0 Å². The van der Waals surface area contributed by atoms with E-state index in [0.29, 0.717) is 11.3 Å². The van der Waals surface area contributed by atoms with Crippen LogP contribution >= 0.6 is 11.6 Å². The number of hydrogen-bond donors (Lipinski definition) is 0. The van der Waals surface area contributed by atoms with Crippen LogP contribution in [-0.2, 0) is 4.74 Å². The summed E-state index contributed by atoms with van der Waals surface area (Å²) in [4.78, 5) is 15.8. The van der Waals surface area contributed by atoms with Gasteiger partial charge in [-0.2, -0.15) is 0 Å². The van der Waals surface area contributed by atoms with Gasteiger partial charge in [-0.25, -0.2) is 9.78 Å². The van der Waals surface area contributed by atoms with Crippen LogP contribution in [0.25, 0.3) is 10.9 Å².